The normalized spacial score (nSPS) is 17.1. The summed E-state index contributed by atoms with van der Waals surface area (Å²) in [6.45, 7) is 4.43. The molecule has 2 aromatic heterocycles. The average Bonchev–Trinajstić information content (AvgIpc) is 3.45. The Labute approximate surface area is 193 Å². The van der Waals surface area contributed by atoms with Crippen molar-refractivity contribution in [3.8, 4) is 15.5 Å². The summed E-state index contributed by atoms with van der Waals surface area (Å²) >= 11 is 3.59. The van der Waals surface area contributed by atoms with Crippen LogP contribution in [0.4, 0.5) is 0 Å². The summed E-state index contributed by atoms with van der Waals surface area (Å²) in [6.07, 6.45) is 6.25. The summed E-state index contributed by atoms with van der Waals surface area (Å²) in [7, 11) is 0. The van der Waals surface area contributed by atoms with Crippen molar-refractivity contribution in [1.29, 1.82) is 0 Å². The summed E-state index contributed by atoms with van der Waals surface area (Å²) in [6, 6.07) is 22.3. The smallest absolute Gasteiger partial charge is 0.186 e. The lowest BCUT2D eigenvalue weighted by Crippen LogP contribution is -2.38. The first-order valence-electron chi connectivity index (χ1n) is 11.2. The summed E-state index contributed by atoms with van der Waals surface area (Å²) in [5, 5.41) is 4.35. The minimum absolute atomic E-state index is 0.616. The number of unbranched alkanes of at least 4 members (excludes halogenated alkanes) is 3. The van der Waals surface area contributed by atoms with E-state index in [-0.39, 0.29) is 0 Å². The van der Waals surface area contributed by atoms with Crippen LogP contribution in [0.5, 0.6) is 5.75 Å². The summed E-state index contributed by atoms with van der Waals surface area (Å²) in [5.41, 5.74) is 5.73. The highest BCUT2D eigenvalue weighted by Crippen LogP contribution is 2.55. The minimum Gasteiger partial charge on any atom is -0.471 e. The van der Waals surface area contributed by atoms with Gasteiger partial charge in [-0.1, -0.05) is 80.3 Å². The van der Waals surface area contributed by atoms with Crippen LogP contribution in [0.1, 0.15) is 60.4 Å². The van der Waals surface area contributed by atoms with E-state index in [0.29, 0.717) is 0 Å². The Morgan fingerprint density at radius 3 is 2.42 bits per heavy atom. The van der Waals surface area contributed by atoms with Crippen molar-refractivity contribution in [3.05, 3.63) is 99.2 Å². The first kappa shape index (κ1) is 20.5. The van der Waals surface area contributed by atoms with Crippen molar-refractivity contribution >= 4 is 22.7 Å². The topological polar surface area (TPSA) is 9.23 Å². The number of hydrogen-bond acceptors (Lipinski definition) is 3. The molecule has 0 saturated heterocycles. The van der Waals surface area contributed by atoms with Gasteiger partial charge in [0.05, 0.1) is 9.75 Å². The Morgan fingerprint density at radius 1 is 0.806 bits per heavy atom. The molecule has 0 saturated carbocycles. The molecule has 0 spiro atoms. The third kappa shape index (κ3) is 3.64. The zero-order valence-electron chi connectivity index (χ0n) is 18.2. The summed E-state index contributed by atoms with van der Waals surface area (Å²) in [4.78, 5) is 2.59. The molecule has 0 N–H and O–H groups in total. The molecule has 0 bridgehead atoms. The highest BCUT2D eigenvalue weighted by molar-refractivity contribution is 7.20. The monoisotopic (exact) mass is 444 g/mol. The number of ether oxygens (including phenoxy) is 1. The Hall–Kier alpha value is -2.36. The van der Waals surface area contributed by atoms with Crippen molar-refractivity contribution < 1.29 is 4.74 Å². The van der Waals surface area contributed by atoms with Gasteiger partial charge in [0.2, 0.25) is 0 Å². The van der Waals surface area contributed by atoms with Gasteiger partial charge in [0.25, 0.3) is 0 Å². The van der Waals surface area contributed by atoms with Crippen molar-refractivity contribution in [2.24, 2.45) is 0 Å². The molecule has 3 heterocycles. The Kier molecular flexibility index (Phi) is 5.73. The van der Waals surface area contributed by atoms with Crippen molar-refractivity contribution in [1.82, 2.24) is 0 Å². The second-order valence-electron chi connectivity index (χ2n) is 8.44. The van der Waals surface area contributed by atoms with Crippen LogP contribution >= 0.6 is 22.7 Å². The van der Waals surface area contributed by atoms with Gasteiger partial charge in [-0.25, -0.2) is 0 Å². The molecule has 1 unspecified atom stereocenters. The van der Waals surface area contributed by atoms with Crippen LogP contribution in [0.25, 0.3) is 9.75 Å². The maximum absolute atomic E-state index is 6.99. The molecule has 0 radical (unpaired) electrons. The number of fused-ring (bicyclic) bond motifs is 3. The van der Waals surface area contributed by atoms with Gasteiger partial charge in [0.1, 0.15) is 5.75 Å². The summed E-state index contributed by atoms with van der Waals surface area (Å²) < 4.78 is 6.99. The van der Waals surface area contributed by atoms with Crippen LogP contribution < -0.4 is 4.74 Å². The number of benzene rings is 2. The van der Waals surface area contributed by atoms with Gasteiger partial charge in [0, 0.05) is 16.7 Å². The minimum atomic E-state index is -0.616. The van der Waals surface area contributed by atoms with Crippen LogP contribution in [0.15, 0.2) is 71.4 Å². The third-order valence-electron chi connectivity index (χ3n) is 6.22. The molecule has 0 aliphatic carbocycles. The maximum Gasteiger partial charge on any atom is 0.186 e. The van der Waals surface area contributed by atoms with E-state index in [2.05, 4.69) is 85.3 Å². The van der Waals surface area contributed by atoms with E-state index >= 15 is 0 Å². The zero-order valence-corrected chi connectivity index (χ0v) is 19.8. The molecule has 1 atom stereocenters. The van der Waals surface area contributed by atoms with E-state index in [4.69, 9.17) is 4.74 Å². The molecule has 1 nitrogen and oxygen atoms in total. The van der Waals surface area contributed by atoms with E-state index in [1.165, 1.54) is 63.3 Å². The molecule has 1 aliphatic rings. The molecule has 158 valence electrons. The van der Waals surface area contributed by atoms with Gasteiger partial charge >= 0.3 is 0 Å². The van der Waals surface area contributed by atoms with E-state index in [9.17, 15) is 0 Å². The molecule has 3 heteroatoms. The molecule has 31 heavy (non-hydrogen) atoms. The lowest BCUT2D eigenvalue weighted by molar-refractivity contribution is 0.153. The molecule has 5 rings (SSSR count). The van der Waals surface area contributed by atoms with Crippen LogP contribution in [-0.2, 0) is 12.0 Å². The summed E-state index contributed by atoms with van der Waals surface area (Å²) in [5.74, 6) is 0.995. The predicted octanol–water partition coefficient (Wildman–Crippen LogP) is 8.59. The van der Waals surface area contributed by atoms with Crippen LogP contribution in [0.3, 0.4) is 0 Å². The fraction of sp³-hybridized carbons (Fsp3) is 0.286. The van der Waals surface area contributed by atoms with Gasteiger partial charge in [-0.3, -0.25) is 0 Å². The molecule has 2 aromatic carbocycles. The van der Waals surface area contributed by atoms with Crippen molar-refractivity contribution in [2.45, 2.75) is 51.6 Å². The quantitative estimate of drug-likeness (QED) is 0.259. The molecular weight excluding hydrogens is 416 g/mol. The standard InChI is InChI=1S/C28H28OS2/c1-3-4-5-6-10-21-11-8-13-23(19-21)28(22-12-7-9-20(2)18-22)24-14-16-30-26(24)27-25(29-28)15-17-31-27/h7-9,11-19H,3-6,10H2,1-2H3. The zero-order chi connectivity index (χ0) is 21.3. The molecule has 1 aliphatic heterocycles. The lowest BCUT2D eigenvalue weighted by atomic mass is 9.78. The first-order chi connectivity index (χ1) is 15.2. The largest absolute Gasteiger partial charge is 0.471 e. The average molecular weight is 445 g/mol. The van der Waals surface area contributed by atoms with Gasteiger partial charge in [0.15, 0.2) is 5.60 Å². The number of hydrogen-bond donors (Lipinski definition) is 0. The Bertz CT molecular complexity index is 1180. The van der Waals surface area contributed by atoms with Gasteiger partial charge in [-0.2, -0.15) is 0 Å². The van der Waals surface area contributed by atoms with Gasteiger partial charge in [-0.15, -0.1) is 22.7 Å². The number of rotatable bonds is 7. The van der Waals surface area contributed by atoms with E-state index in [0.717, 1.165) is 12.2 Å². The SMILES string of the molecule is CCCCCCc1cccc(C2(c3cccc(C)c3)Oc3ccsc3-c3sccc32)c1. The molecule has 0 fully saturated rings. The molecule has 0 amide bonds. The van der Waals surface area contributed by atoms with E-state index in [1.807, 2.05) is 11.3 Å². The first-order valence-corrected chi connectivity index (χ1v) is 13.0. The third-order valence-corrected chi connectivity index (χ3v) is 8.19. The van der Waals surface area contributed by atoms with E-state index in [1.54, 1.807) is 11.3 Å². The van der Waals surface area contributed by atoms with Gasteiger partial charge in [-0.05, 0) is 48.2 Å². The van der Waals surface area contributed by atoms with Crippen molar-refractivity contribution in [3.63, 3.8) is 0 Å². The fourth-order valence-corrected chi connectivity index (χ4v) is 6.63. The van der Waals surface area contributed by atoms with Gasteiger partial charge < -0.3 is 4.74 Å². The predicted molar refractivity (Wildman–Crippen MR) is 134 cm³/mol. The highest BCUT2D eigenvalue weighted by atomic mass is 32.1. The van der Waals surface area contributed by atoms with Crippen molar-refractivity contribution in [2.75, 3.05) is 0 Å². The second kappa shape index (κ2) is 8.64. The highest BCUT2D eigenvalue weighted by Gasteiger charge is 2.45. The Morgan fingerprint density at radius 2 is 1.58 bits per heavy atom. The second-order valence-corrected chi connectivity index (χ2v) is 10.3. The fourth-order valence-electron chi connectivity index (χ4n) is 4.69. The molecular formula is C28H28OS2. The molecule has 4 aromatic rings. The lowest BCUT2D eigenvalue weighted by Gasteiger charge is -2.39. The Balaban J connectivity index is 1.66. The number of thiophene rings is 2. The van der Waals surface area contributed by atoms with Crippen LogP contribution in [0.2, 0.25) is 0 Å². The maximum atomic E-state index is 6.99. The number of aryl methyl sites for hydroxylation is 2. The van der Waals surface area contributed by atoms with E-state index < -0.39 is 5.60 Å². The van der Waals surface area contributed by atoms with Crippen LogP contribution in [0, 0.1) is 6.92 Å². The van der Waals surface area contributed by atoms with Crippen LogP contribution in [-0.4, -0.2) is 0 Å².